The Bertz CT molecular complexity index is 453. The monoisotopic (exact) mass is 271 g/mol. The molecule has 2 N–H and O–H groups in total. The summed E-state index contributed by atoms with van der Waals surface area (Å²) in [6.07, 6.45) is -4.18. The lowest BCUT2D eigenvalue weighted by molar-refractivity contribution is -0.127. The SMILES string of the molecule is O=C(NCC(O)C(F)F)C1COc2ccccc2C1. The van der Waals surface area contributed by atoms with E-state index in [0.29, 0.717) is 6.42 Å². The summed E-state index contributed by atoms with van der Waals surface area (Å²) in [5.41, 5.74) is 0.920. The summed E-state index contributed by atoms with van der Waals surface area (Å²) in [5.74, 6) is -0.0480. The molecular formula is C13H15F2NO3. The Morgan fingerprint density at radius 2 is 2.21 bits per heavy atom. The van der Waals surface area contributed by atoms with Crippen LogP contribution in [0.25, 0.3) is 0 Å². The number of aliphatic hydroxyl groups is 1. The van der Waals surface area contributed by atoms with Gasteiger partial charge in [-0.05, 0) is 18.1 Å². The van der Waals surface area contributed by atoms with E-state index in [-0.39, 0.29) is 12.5 Å². The average molecular weight is 271 g/mol. The van der Waals surface area contributed by atoms with E-state index in [9.17, 15) is 13.6 Å². The van der Waals surface area contributed by atoms with Crippen LogP contribution in [0.3, 0.4) is 0 Å². The van der Waals surface area contributed by atoms with Gasteiger partial charge in [-0.3, -0.25) is 4.79 Å². The number of carbonyl (C=O) groups is 1. The van der Waals surface area contributed by atoms with E-state index >= 15 is 0 Å². The van der Waals surface area contributed by atoms with E-state index in [4.69, 9.17) is 9.84 Å². The van der Waals surface area contributed by atoms with Gasteiger partial charge in [-0.25, -0.2) is 8.78 Å². The molecule has 0 fully saturated rings. The number of ether oxygens (including phenoxy) is 1. The van der Waals surface area contributed by atoms with Gasteiger partial charge in [0.2, 0.25) is 5.91 Å². The molecule has 19 heavy (non-hydrogen) atoms. The van der Waals surface area contributed by atoms with E-state index in [1.54, 1.807) is 0 Å². The van der Waals surface area contributed by atoms with Crippen LogP contribution in [0.2, 0.25) is 0 Å². The van der Waals surface area contributed by atoms with Gasteiger partial charge < -0.3 is 15.2 Å². The number of aliphatic hydroxyl groups excluding tert-OH is 1. The summed E-state index contributed by atoms with van der Waals surface area (Å²) in [6, 6.07) is 7.38. The molecule has 1 amide bonds. The van der Waals surface area contributed by atoms with Gasteiger partial charge in [0.05, 0.1) is 5.92 Å². The molecule has 1 aromatic carbocycles. The number of fused-ring (bicyclic) bond motifs is 1. The lowest BCUT2D eigenvalue weighted by atomic mass is 9.96. The number of nitrogens with one attached hydrogen (secondary N) is 1. The van der Waals surface area contributed by atoms with Crippen molar-refractivity contribution in [3.05, 3.63) is 29.8 Å². The number of hydrogen-bond donors (Lipinski definition) is 2. The predicted molar refractivity (Wildman–Crippen MR) is 64.2 cm³/mol. The largest absolute Gasteiger partial charge is 0.492 e. The number of hydrogen-bond acceptors (Lipinski definition) is 3. The fourth-order valence-electron chi connectivity index (χ4n) is 1.94. The van der Waals surface area contributed by atoms with Crippen LogP contribution in [-0.2, 0) is 11.2 Å². The van der Waals surface area contributed by atoms with Crippen LogP contribution in [0.5, 0.6) is 5.75 Å². The first-order chi connectivity index (χ1) is 9.08. The number of carbonyl (C=O) groups excluding carboxylic acids is 1. The maximum Gasteiger partial charge on any atom is 0.265 e. The van der Waals surface area contributed by atoms with Gasteiger partial charge in [0.25, 0.3) is 6.43 Å². The molecule has 2 rings (SSSR count). The molecule has 1 aromatic rings. The number of alkyl halides is 2. The molecule has 2 atom stereocenters. The maximum atomic E-state index is 12.1. The first kappa shape index (κ1) is 13.7. The standard InChI is InChI=1S/C13H15F2NO3/c14-12(15)10(17)6-16-13(18)9-5-8-3-1-2-4-11(8)19-7-9/h1-4,9-10,12,17H,5-7H2,(H,16,18). The molecule has 0 aliphatic carbocycles. The number of amides is 1. The second kappa shape index (κ2) is 5.97. The molecule has 2 unspecified atom stereocenters. The molecule has 0 bridgehead atoms. The summed E-state index contributed by atoms with van der Waals surface area (Å²) >= 11 is 0. The van der Waals surface area contributed by atoms with Gasteiger partial charge in [0.15, 0.2) is 0 Å². The van der Waals surface area contributed by atoms with Gasteiger partial charge in [-0.2, -0.15) is 0 Å². The third kappa shape index (κ3) is 3.41. The number of para-hydroxylation sites is 1. The lowest BCUT2D eigenvalue weighted by Crippen LogP contribution is -2.42. The molecule has 0 radical (unpaired) electrons. The van der Waals surface area contributed by atoms with Crippen LogP contribution >= 0.6 is 0 Å². The minimum absolute atomic E-state index is 0.216. The summed E-state index contributed by atoms with van der Waals surface area (Å²) in [7, 11) is 0. The average Bonchev–Trinajstić information content (AvgIpc) is 2.43. The molecule has 0 aromatic heterocycles. The number of rotatable bonds is 4. The van der Waals surface area contributed by atoms with Crippen molar-refractivity contribution in [3.8, 4) is 5.75 Å². The van der Waals surface area contributed by atoms with Gasteiger partial charge in [-0.15, -0.1) is 0 Å². The van der Waals surface area contributed by atoms with E-state index < -0.39 is 25.0 Å². The van der Waals surface area contributed by atoms with Crippen molar-refractivity contribution in [1.82, 2.24) is 5.32 Å². The van der Waals surface area contributed by atoms with Crippen LogP contribution < -0.4 is 10.1 Å². The lowest BCUT2D eigenvalue weighted by Gasteiger charge is -2.24. The molecular weight excluding hydrogens is 256 g/mol. The number of benzene rings is 1. The van der Waals surface area contributed by atoms with Gasteiger partial charge in [0.1, 0.15) is 18.5 Å². The van der Waals surface area contributed by atoms with Crippen LogP contribution in [-0.4, -0.2) is 36.7 Å². The fraction of sp³-hybridized carbons (Fsp3) is 0.462. The van der Waals surface area contributed by atoms with Crippen molar-refractivity contribution in [2.45, 2.75) is 19.0 Å². The summed E-state index contributed by atoms with van der Waals surface area (Å²) < 4.78 is 29.6. The molecule has 4 nitrogen and oxygen atoms in total. The highest BCUT2D eigenvalue weighted by atomic mass is 19.3. The topological polar surface area (TPSA) is 58.6 Å². The molecule has 0 saturated carbocycles. The third-order valence-corrected chi connectivity index (χ3v) is 3.03. The quantitative estimate of drug-likeness (QED) is 0.858. The Morgan fingerprint density at radius 1 is 1.47 bits per heavy atom. The summed E-state index contributed by atoms with van der Waals surface area (Å²) in [5, 5.41) is 11.3. The normalized spacial score (nSPS) is 19.5. The second-order valence-corrected chi connectivity index (χ2v) is 4.47. The third-order valence-electron chi connectivity index (χ3n) is 3.03. The van der Waals surface area contributed by atoms with Crippen LogP contribution in [0, 0.1) is 5.92 Å². The predicted octanol–water partition coefficient (Wildman–Crippen LogP) is 0.980. The van der Waals surface area contributed by atoms with Crippen molar-refractivity contribution in [1.29, 1.82) is 0 Å². The molecule has 104 valence electrons. The van der Waals surface area contributed by atoms with Crippen molar-refractivity contribution < 1.29 is 23.4 Å². The minimum atomic E-state index is -2.86. The number of halogens is 2. The van der Waals surface area contributed by atoms with E-state index in [1.807, 2.05) is 24.3 Å². The zero-order chi connectivity index (χ0) is 13.8. The van der Waals surface area contributed by atoms with Crippen molar-refractivity contribution >= 4 is 5.91 Å². The van der Waals surface area contributed by atoms with E-state index in [0.717, 1.165) is 11.3 Å². The Morgan fingerprint density at radius 3 is 2.95 bits per heavy atom. The van der Waals surface area contributed by atoms with Crippen molar-refractivity contribution in [3.63, 3.8) is 0 Å². The van der Waals surface area contributed by atoms with Crippen LogP contribution in [0.15, 0.2) is 24.3 Å². The maximum absolute atomic E-state index is 12.1. The Hall–Kier alpha value is -1.69. The van der Waals surface area contributed by atoms with E-state index in [1.165, 1.54) is 0 Å². The summed E-state index contributed by atoms with van der Waals surface area (Å²) in [4.78, 5) is 11.8. The Kier molecular flexibility index (Phi) is 4.31. The molecule has 1 aliphatic rings. The highest BCUT2D eigenvalue weighted by molar-refractivity contribution is 5.79. The first-order valence-corrected chi connectivity index (χ1v) is 6.02. The summed E-state index contributed by atoms with van der Waals surface area (Å²) in [6.45, 7) is -0.234. The highest BCUT2D eigenvalue weighted by Gasteiger charge is 2.26. The van der Waals surface area contributed by atoms with Crippen molar-refractivity contribution in [2.24, 2.45) is 5.92 Å². The molecule has 0 saturated heterocycles. The smallest absolute Gasteiger partial charge is 0.265 e. The minimum Gasteiger partial charge on any atom is -0.492 e. The fourth-order valence-corrected chi connectivity index (χ4v) is 1.94. The molecule has 1 aliphatic heterocycles. The van der Waals surface area contributed by atoms with E-state index in [2.05, 4.69) is 5.32 Å². The molecule has 6 heteroatoms. The zero-order valence-electron chi connectivity index (χ0n) is 10.2. The second-order valence-electron chi connectivity index (χ2n) is 4.47. The van der Waals surface area contributed by atoms with Gasteiger partial charge >= 0.3 is 0 Å². The van der Waals surface area contributed by atoms with Gasteiger partial charge in [0, 0.05) is 6.54 Å². The Balaban J connectivity index is 1.89. The first-order valence-electron chi connectivity index (χ1n) is 6.02. The molecule has 0 spiro atoms. The zero-order valence-corrected chi connectivity index (χ0v) is 10.2. The van der Waals surface area contributed by atoms with Gasteiger partial charge in [-0.1, -0.05) is 18.2 Å². The van der Waals surface area contributed by atoms with Crippen molar-refractivity contribution in [2.75, 3.05) is 13.2 Å². The molecule has 1 heterocycles. The van der Waals surface area contributed by atoms with Crippen LogP contribution in [0.4, 0.5) is 8.78 Å². The highest BCUT2D eigenvalue weighted by Crippen LogP contribution is 2.26. The Labute approximate surface area is 109 Å². The van der Waals surface area contributed by atoms with Crippen LogP contribution in [0.1, 0.15) is 5.56 Å².